The number of hydrazone groups is 1. The van der Waals surface area contributed by atoms with Gasteiger partial charge in [0.05, 0.1) is 5.71 Å². The summed E-state index contributed by atoms with van der Waals surface area (Å²) >= 11 is 0. The number of hydrogen-bond donors (Lipinski definition) is 2. The maximum atomic E-state index is 12.5. The van der Waals surface area contributed by atoms with Crippen LogP contribution in [0.15, 0.2) is 41.5 Å². The van der Waals surface area contributed by atoms with Crippen LogP contribution in [0.3, 0.4) is 0 Å². The smallest absolute Gasteiger partial charge is 0.281 e. The van der Waals surface area contributed by atoms with Gasteiger partial charge in [0.25, 0.3) is 5.91 Å². The van der Waals surface area contributed by atoms with Crippen LogP contribution < -0.4 is 5.43 Å². The van der Waals surface area contributed by atoms with E-state index in [2.05, 4.69) is 20.7 Å². The molecule has 6 rings (SSSR count). The molecular formula is C22H26N4O. The molecule has 0 spiro atoms. The molecule has 0 atom stereocenters. The Hall–Kier alpha value is -2.43. The van der Waals surface area contributed by atoms with Gasteiger partial charge in [0, 0.05) is 11.1 Å². The Morgan fingerprint density at radius 2 is 1.74 bits per heavy atom. The Bertz CT molecular complexity index is 847. The maximum absolute atomic E-state index is 12.5. The average molecular weight is 362 g/mol. The molecule has 5 heteroatoms. The summed E-state index contributed by atoms with van der Waals surface area (Å²) in [5.41, 5.74) is 6.25. The molecular weight excluding hydrogens is 336 g/mol. The van der Waals surface area contributed by atoms with Gasteiger partial charge >= 0.3 is 0 Å². The third-order valence-corrected chi connectivity index (χ3v) is 6.94. The maximum Gasteiger partial charge on any atom is 0.291 e. The molecule has 1 aromatic carbocycles. The third kappa shape index (κ3) is 2.99. The summed E-state index contributed by atoms with van der Waals surface area (Å²) in [5.74, 6) is 2.36. The number of aromatic nitrogens is 2. The standard InChI is InChI=1S/C22H26N4O/c1-14(18-5-3-2-4-6-18)23-26-21(27)19-10-20(25-24-19)22-11-15-7-16(12-22)9-17(8-15)13-22/h2-6,10,15-17H,7-9,11-13H2,1H3,(H,24,25)(H,26,27). The van der Waals surface area contributed by atoms with Crippen LogP contribution in [0.5, 0.6) is 0 Å². The predicted molar refractivity (Wildman–Crippen MR) is 105 cm³/mol. The van der Waals surface area contributed by atoms with Crippen molar-refractivity contribution in [3.05, 3.63) is 53.3 Å². The molecule has 2 N–H and O–H groups in total. The zero-order chi connectivity index (χ0) is 18.4. The molecule has 4 fully saturated rings. The molecule has 27 heavy (non-hydrogen) atoms. The minimum atomic E-state index is -0.252. The van der Waals surface area contributed by atoms with Gasteiger partial charge in [-0.05, 0) is 74.8 Å². The highest BCUT2D eigenvalue weighted by atomic mass is 16.2. The summed E-state index contributed by atoms with van der Waals surface area (Å²) in [5, 5.41) is 11.8. The van der Waals surface area contributed by atoms with E-state index in [1.807, 2.05) is 43.3 Å². The average Bonchev–Trinajstić information content (AvgIpc) is 3.17. The third-order valence-electron chi connectivity index (χ3n) is 6.94. The van der Waals surface area contributed by atoms with Crippen molar-refractivity contribution in [3.63, 3.8) is 0 Å². The van der Waals surface area contributed by atoms with Crippen LogP contribution in [0, 0.1) is 17.8 Å². The van der Waals surface area contributed by atoms with Gasteiger partial charge in [0.1, 0.15) is 0 Å². The minimum absolute atomic E-state index is 0.226. The molecule has 5 nitrogen and oxygen atoms in total. The molecule has 4 saturated carbocycles. The Kier molecular flexibility index (Phi) is 3.92. The monoisotopic (exact) mass is 362 g/mol. The SMILES string of the molecule is CC(=NNC(=O)c1cc(C23CC4CC(CC(C4)C2)C3)[nH]n1)c1ccccc1. The first kappa shape index (κ1) is 16.7. The zero-order valence-corrected chi connectivity index (χ0v) is 15.7. The number of carbonyl (C=O) groups excluding carboxylic acids is 1. The lowest BCUT2D eigenvalue weighted by molar-refractivity contribution is -0.00721. The van der Waals surface area contributed by atoms with E-state index in [4.69, 9.17) is 0 Å². The molecule has 0 unspecified atom stereocenters. The van der Waals surface area contributed by atoms with E-state index >= 15 is 0 Å². The van der Waals surface area contributed by atoms with Gasteiger partial charge in [-0.1, -0.05) is 30.3 Å². The number of hydrogen-bond acceptors (Lipinski definition) is 3. The van der Waals surface area contributed by atoms with E-state index in [1.165, 1.54) is 38.5 Å². The second kappa shape index (κ2) is 6.32. The van der Waals surface area contributed by atoms with Crippen LogP contribution in [-0.4, -0.2) is 21.8 Å². The molecule has 1 heterocycles. The van der Waals surface area contributed by atoms with Crippen LogP contribution in [0.1, 0.15) is 67.2 Å². The van der Waals surface area contributed by atoms with Crippen molar-refractivity contribution >= 4 is 11.6 Å². The van der Waals surface area contributed by atoms with Crippen LogP contribution in [0.2, 0.25) is 0 Å². The van der Waals surface area contributed by atoms with Crippen LogP contribution in [-0.2, 0) is 5.41 Å². The van der Waals surface area contributed by atoms with Crippen molar-refractivity contribution in [2.75, 3.05) is 0 Å². The quantitative estimate of drug-likeness (QED) is 0.637. The normalized spacial score (nSPS) is 31.9. The number of nitrogens with one attached hydrogen (secondary N) is 2. The van der Waals surface area contributed by atoms with E-state index in [0.717, 1.165) is 34.7 Å². The minimum Gasteiger partial charge on any atom is -0.281 e. The number of amides is 1. The number of benzene rings is 1. The van der Waals surface area contributed by atoms with Gasteiger partial charge in [-0.2, -0.15) is 10.2 Å². The summed E-state index contributed by atoms with van der Waals surface area (Å²) < 4.78 is 0. The Labute approximate surface area is 159 Å². The van der Waals surface area contributed by atoms with Crippen molar-refractivity contribution in [2.24, 2.45) is 22.9 Å². The number of H-pyrrole nitrogens is 1. The molecule has 0 aliphatic heterocycles. The molecule has 1 aromatic heterocycles. The van der Waals surface area contributed by atoms with Gasteiger partial charge in [-0.3, -0.25) is 9.89 Å². The molecule has 140 valence electrons. The van der Waals surface area contributed by atoms with Crippen molar-refractivity contribution in [1.82, 2.24) is 15.6 Å². The van der Waals surface area contributed by atoms with E-state index in [9.17, 15) is 4.79 Å². The van der Waals surface area contributed by atoms with Gasteiger partial charge in [-0.15, -0.1) is 0 Å². The van der Waals surface area contributed by atoms with Gasteiger partial charge in [-0.25, -0.2) is 5.43 Å². The molecule has 0 radical (unpaired) electrons. The number of rotatable bonds is 4. The fourth-order valence-electron chi connectivity index (χ4n) is 6.09. The predicted octanol–water partition coefficient (Wildman–Crippen LogP) is 4.03. The summed E-state index contributed by atoms with van der Waals surface area (Å²) in [6, 6.07) is 11.8. The first-order chi connectivity index (χ1) is 13.1. The van der Waals surface area contributed by atoms with Gasteiger partial charge < -0.3 is 0 Å². The summed E-state index contributed by atoms with van der Waals surface area (Å²) in [6.45, 7) is 1.89. The zero-order valence-electron chi connectivity index (χ0n) is 15.7. The van der Waals surface area contributed by atoms with Gasteiger partial charge in [0.2, 0.25) is 0 Å². The van der Waals surface area contributed by atoms with Crippen molar-refractivity contribution in [1.29, 1.82) is 0 Å². The van der Waals surface area contributed by atoms with E-state index < -0.39 is 0 Å². The number of nitrogens with zero attached hydrogens (tertiary/aromatic N) is 2. The first-order valence-corrected chi connectivity index (χ1v) is 10.1. The lowest BCUT2D eigenvalue weighted by atomic mass is 9.49. The highest BCUT2D eigenvalue weighted by molar-refractivity contribution is 6.00. The van der Waals surface area contributed by atoms with Crippen LogP contribution in [0.4, 0.5) is 0 Å². The topological polar surface area (TPSA) is 70.1 Å². The number of carbonyl (C=O) groups is 1. The second-order valence-corrected chi connectivity index (χ2v) is 8.87. The molecule has 4 bridgehead atoms. The lowest BCUT2D eigenvalue weighted by Gasteiger charge is -2.56. The molecule has 2 aromatic rings. The van der Waals surface area contributed by atoms with Crippen molar-refractivity contribution in [3.8, 4) is 0 Å². The van der Waals surface area contributed by atoms with Crippen LogP contribution >= 0.6 is 0 Å². The molecule has 1 amide bonds. The van der Waals surface area contributed by atoms with Crippen molar-refractivity contribution < 1.29 is 4.79 Å². The summed E-state index contributed by atoms with van der Waals surface area (Å²) in [6.07, 6.45) is 8.01. The Morgan fingerprint density at radius 1 is 1.11 bits per heavy atom. The van der Waals surface area contributed by atoms with Gasteiger partial charge in [0.15, 0.2) is 5.69 Å². The number of aromatic amines is 1. The molecule has 4 aliphatic rings. The highest BCUT2D eigenvalue weighted by Crippen LogP contribution is 2.60. The van der Waals surface area contributed by atoms with Crippen LogP contribution in [0.25, 0.3) is 0 Å². The van der Waals surface area contributed by atoms with E-state index in [0.29, 0.717) is 5.69 Å². The second-order valence-electron chi connectivity index (χ2n) is 8.87. The summed E-state index contributed by atoms with van der Waals surface area (Å²) in [7, 11) is 0. The van der Waals surface area contributed by atoms with E-state index in [-0.39, 0.29) is 11.3 Å². The Balaban J connectivity index is 1.32. The Morgan fingerprint density at radius 3 is 2.37 bits per heavy atom. The molecule has 0 saturated heterocycles. The van der Waals surface area contributed by atoms with Crippen molar-refractivity contribution in [2.45, 2.75) is 50.9 Å². The fraction of sp³-hybridized carbons (Fsp3) is 0.500. The largest absolute Gasteiger partial charge is 0.291 e. The van der Waals surface area contributed by atoms with E-state index in [1.54, 1.807) is 0 Å². The summed E-state index contributed by atoms with van der Waals surface area (Å²) in [4.78, 5) is 12.5. The lowest BCUT2D eigenvalue weighted by Crippen LogP contribution is -2.48. The fourth-order valence-corrected chi connectivity index (χ4v) is 6.09. The first-order valence-electron chi connectivity index (χ1n) is 10.1. The molecule has 4 aliphatic carbocycles. The highest BCUT2D eigenvalue weighted by Gasteiger charge is 2.52.